The van der Waals surface area contributed by atoms with Gasteiger partial charge in [0.15, 0.2) is 0 Å². The van der Waals surface area contributed by atoms with Gasteiger partial charge in [-0.15, -0.1) is 0 Å². The average molecular weight is 376 g/mol. The summed E-state index contributed by atoms with van der Waals surface area (Å²) in [5.74, 6) is 0.590. The van der Waals surface area contributed by atoms with Crippen molar-refractivity contribution in [3.8, 4) is 0 Å². The third kappa shape index (κ3) is 2.41. The first-order chi connectivity index (χ1) is 13.5. The molecule has 0 N–H and O–H groups in total. The number of aryl methyl sites for hydroxylation is 1. The number of fused-ring (bicyclic) bond motifs is 2. The van der Waals surface area contributed by atoms with E-state index in [1.54, 1.807) is 4.52 Å². The van der Waals surface area contributed by atoms with Crippen LogP contribution in [-0.2, 0) is 16.1 Å². The van der Waals surface area contributed by atoms with E-state index in [0.29, 0.717) is 25.4 Å². The summed E-state index contributed by atoms with van der Waals surface area (Å²) in [5.41, 5.74) is 2.82. The maximum atomic E-state index is 13.0. The Morgan fingerprint density at radius 3 is 2.39 bits per heavy atom. The lowest BCUT2D eigenvalue weighted by Gasteiger charge is -2.24. The van der Waals surface area contributed by atoms with Gasteiger partial charge in [-0.3, -0.25) is 14.5 Å². The molecule has 2 fully saturated rings. The quantitative estimate of drug-likeness (QED) is 0.642. The van der Waals surface area contributed by atoms with Crippen molar-refractivity contribution in [2.24, 2.45) is 11.8 Å². The number of rotatable bonds is 3. The van der Waals surface area contributed by atoms with Crippen LogP contribution in [0.1, 0.15) is 16.8 Å². The van der Waals surface area contributed by atoms with Gasteiger partial charge in [0.1, 0.15) is 12.1 Å². The maximum absolute atomic E-state index is 13.0. The van der Waals surface area contributed by atoms with Crippen molar-refractivity contribution in [2.45, 2.75) is 20.4 Å². The molecule has 2 unspecified atom stereocenters. The Hall–Kier alpha value is -3.29. The summed E-state index contributed by atoms with van der Waals surface area (Å²) in [6, 6.07) is 9.63. The maximum Gasteiger partial charge on any atom is 0.254 e. The van der Waals surface area contributed by atoms with Crippen molar-refractivity contribution in [3.63, 3.8) is 0 Å². The van der Waals surface area contributed by atoms with E-state index in [1.165, 1.54) is 11.2 Å². The van der Waals surface area contributed by atoms with Gasteiger partial charge in [-0.25, -0.2) is 4.98 Å². The van der Waals surface area contributed by atoms with Crippen molar-refractivity contribution >= 4 is 23.4 Å². The van der Waals surface area contributed by atoms with Gasteiger partial charge < -0.3 is 4.90 Å². The second-order valence-electron chi connectivity index (χ2n) is 7.48. The molecule has 8 heteroatoms. The molecule has 2 aliphatic rings. The SMILES string of the molecule is Cc1nc2ncnn2c(N2CC3C(=O)N(Cc4ccccc4)C(=O)C3C2)c1C. The fourth-order valence-corrected chi connectivity index (χ4v) is 4.29. The molecule has 2 aromatic heterocycles. The molecule has 3 aromatic rings. The number of carbonyl (C=O) groups excluding carboxylic acids is 2. The number of carbonyl (C=O) groups is 2. The second kappa shape index (κ2) is 6.12. The fraction of sp³-hybridized carbons (Fsp3) is 0.350. The molecular formula is C20H20N6O2. The predicted molar refractivity (Wildman–Crippen MR) is 101 cm³/mol. The van der Waals surface area contributed by atoms with E-state index in [0.717, 1.165) is 22.6 Å². The molecule has 0 bridgehead atoms. The number of nitrogens with zero attached hydrogens (tertiary/aromatic N) is 6. The molecule has 4 heterocycles. The zero-order valence-corrected chi connectivity index (χ0v) is 15.7. The molecule has 2 amide bonds. The number of hydrogen-bond donors (Lipinski definition) is 0. The first-order valence-corrected chi connectivity index (χ1v) is 9.35. The number of likely N-dealkylation sites (tertiary alicyclic amines) is 1. The molecule has 0 spiro atoms. The van der Waals surface area contributed by atoms with Crippen LogP contribution in [-0.4, -0.2) is 49.4 Å². The zero-order valence-electron chi connectivity index (χ0n) is 15.7. The molecular weight excluding hydrogens is 356 g/mol. The van der Waals surface area contributed by atoms with Crippen LogP contribution >= 0.6 is 0 Å². The average Bonchev–Trinajstić information content (AvgIpc) is 3.38. The lowest BCUT2D eigenvalue weighted by Crippen LogP contribution is -2.36. The van der Waals surface area contributed by atoms with Crippen molar-refractivity contribution in [1.82, 2.24) is 24.5 Å². The number of aromatic nitrogens is 4. The number of anilines is 1. The van der Waals surface area contributed by atoms with Crippen LogP contribution in [0.5, 0.6) is 0 Å². The Labute approximate surface area is 161 Å². The summed E-state index contributed by atoms with van der Waals surface area (Å²) in [4.78, 5) is 38.1. The van der Waals surface area contributed by atoms with E-state index >= 15 is 0 Å². The van der Waals surface area contributed by atoms with Gasteiger partial charge in [-0.05, 0) is 19.4 Å². The first kappa shape index (κ1) is 16.9. The summed E-state index contributed by atoms with van der Waals surface area (Å²) in [7, 11) is 0. The van der Waals surface area contributed by atoms with Gasteiger partial charge in [0.25, 0.3) is 5.78 Å². The first-order valence-electron chi connectivity index (χ1n) is 9.35. The van der Waals surface area contributed by atoms with Crippen molar-refractivity contribution in [1.29, 1.82) is 0 Å². The van der Waals surface area contributed by atoms with E-state index in [2.05, 4.69) is 20.0 Å². The van der Waals surface area contributed by atoms with E-state index in [1.807, 2.05) is 44.2 Å². The molecule has 0 radical (unpaired) electrons. The van der Waals surface area contributed by atoms with Crippen LogP contribution in [0.3, 0.4) is 0 Å². The standard InChI is InChI=1S/C20H20N6O2/c1-12-13(2)23-20-21-11-22-26(20)17(12)24-9-15-16(10-24)19(28)25(18(15)27)8-14-6-4-3-5-7-14/h3-7,11,15-16H,8-10H2,1-2H3. The molecule has 8 nitrogen and oxygen atoms in total. The van der Waals surface area contributed by atoms with Crippen LogP contribution in [0.25, 0.3) is 5.78 Å². The van der Waals surface area contributed by atoms with Gasteiger partial charge in [0.05, 0.1) is 18.4 Å². The minimum atomic E-state index is -0.317. The van der Waals surface area contributed by atoms with Gasteiger partial charge in [0, 0.05) is 24.3 Å². The highest BCUT2D eigenvalue weighted by Crippen LogP contribution is 2.37. The highest BCUT2D eigenvalue weighted by atomic mass is 16.2. The highest BCUT2D eigenvalue weighted by molar-refractivity contribution is 6.06. The Morgan fingerprint density at radius 1 is 1.04 bits per heavy atom. The van der Waals surface area contributed by atoms with Crippen LogP contribution in [0.15, 0.2) is 36.7 Å². The van der Waals surface area contributed by atoms with Crippen LogP contribution < -0.4 is 4.90 Å². The van der Waals surface area contributed by atoms with E-state index in [9.17, 15) is 9.59 Å². The van der Waals surface area contributed by atoms with E-state index in [4.69, 9.17) is 0 Å². The summed E-state index contributed by atoms with van der Waals surface area (Å²) in [6.45, 7) is 5.26. The van der Waals surface area contributed by atoms with Crippen LogP contribution in [0.4, 0.5) is 5.82 Å². The molecule has 2 saturated heterocycles. The largest absolute Gasteiger partial charge is 0.355 e. The number of imide groups is 1. The summed E-state index contributed by atoms with van der Waals surface area (Å²) < 4.78 is 1.69. The molecule has 2 aliphatic heterocycles. The summed E-state index contributed by atoms with van der Waals surface area (Å²) in [6.07, 6.45) is 1.47. The van der Waals surface area contributed by atoms with E-state index < -0.39 is 0 Å². The monoisotopic (exact) mass is 376 g/mol. The number of hydrogen-bond acceptors (Lipinski definition) is 6. The Bertz CT molecular complexity index is 1070. The Balaban J connectivity index is 1.44. The van der Waals surface area contributed by atoms with Crippen molar-refractivity contribution in [3.05, 3.63) is 53.5 Å². The number of amides is 2. The Morgan fingerprint density at radius 2 is 1.71 bits per heavy atom. The lowest BCUT2D eigenvalue weighted by atomic mass is 10.00. The topological polar surface area (TPSA) is 83.7 Å². The number of benzene rings is 1. The van der Waals surface area contributed by atoms with Crippen LogP contribution in [0.2, 0.25) is 0 Å². The summed E-state index contributed by atoms with van der Waals surface area (Å²) >= 11 is 0. The molecule has 5 rings (SSSR count). The molecule has 0 aliphatic carbocycles. The third-order valence-electron chi connectivity index (χ3n) is 5.85. The fourth-order valence-electron chi connectivity index (χ4n) is 4.29. The van der Waals surface area contributed by atoms with Gasteiger partial charge in [-0.1, -0.05) is 30.3 Å². The minimum absolute atomic E-state index is 0.0837. The second-order valence-corrected chi connectivity index (χ2v) is 7.48. The van der Waals surface area contributed by atoms with E-state index in [-0.39, 0.29) is 23.7 Å². The minimum Gasteiger partial charge on any atom is -0.355 e. The lowest BCUT2D eigenvalue weighted by molar-refractivity contribution is -0.140. The summed E-state index contributed by atoms with van der Waals surface area (Å²) in [5, 5.41) is 4.29. The van der Waals surface area contributed by atoms with Gasteiger partial charge in [-0.2, -0.15) is 14.6 Å². The molecule has 142 valence electrons. The van der Waals surface area contributed by atoms with Crippen molar-refractivity contribution in [2.75, 3.05) is 18.0 Å². The smallest absolute Gasteiger partial charge is 0.254 e. The third-order valence-corrected chi connectivity index (χ3v) is 5.85. The molecule has 1 aromatic carbocycles. The normalized spacial score (nSPS) is 21.8. The zero-order chi connectivity index (χ0) is 19.4. The van der Waals surface area contributed by atoms with Crippen molar-refractivity contribution < 1.29 is 9.59 Å². The highest BCUT2D eigenvalue weighted by Gasteiger charge is 2.52. The predicted octanol–water partition coefficient (Wildman–Crippen LogP) is 1.36. The van der Waals surface area contributed by atoms with Gasteiger partial charge >= 0.3 is 0 Å². The molecule has 28 heavy (non-hydrogen) atoms. The van der Waals surface area contributed by atoms with Crippen LogP contribution in [0, 0.1) is 25.7 Å². The Kier molecular flexibility index (Phi) is 3.68. The molecule has 0 saturated carbocycles. The molecule has 2 atom stereocenters. The van der Waals surface area contributed by atoms with Gasteiger partial charge in [0.2, 0.25) is 11.8 Å².